The Morgan fingerprint density at radius 2 is 2.28 bits per heavy atom. The molecule has 0 aliphatic carbocycles. The third-order valence-corrected chi connectivity index (χ3v) is 3.22. The molecule has 0 spiro atoms. The molecule has 0 saturated heterocycles. The van der Waals surface area contributed by atoms with Crippen molar-refractivity contribution < 1.29 is 9.52 Å². The molecule has 0 amide bonds. The van der Waals surface area contributed by atoms with Crippen molar-refractivity contribution in [1.29, 1.82) is 0 Å². The monoisotopic (exact) mass is 250 g/mol. The average molecular weight is 250 g/mol. The third-order valence-electron chi connectivity index (χ3n) is 3.22. The predicted molar refractivity (Wildman–Crippen MR) is 69.6 cm³/mol. The second-order valence-corrected chi connectivity index (χ2v) is 4.36. The number of nitrogens with one attached hydrogen (secondary N) is 1. The lowest BCUT2D eigenvalue weighted by Gasteiger charge is -2.16. The summed E-state index contributed by atoms with van der Waals surface area (Å²) in [5, 5.41) is 12.1. The normalized spacial score (nSPS) is 13.1. The van der Waals surface area contributed by atoms with Crippen LogP contribution in [0.5, 0.6) is 0 Å². The smallest absolute Gasteiger partial charge is 0.408 e. The van der Waals surface area contributed by atoms with Gasteiger partial charge in [-0.2, -0.15) is 0 Å². The van der Waals surface area contributed by atoms with E-state index in [0.29, 0.717) is 5.58 Å². The number of oxazole rings is 1. The topological polar surface area (TPSA) is 67.4 Å². The Morgan fingerprint density at radius 1 is 1.50 bits per heavy atom. The van der Waals surface area contributed by atoms with Crippen molar-refractivity contribution in [3.05, 3.63) is 34.3 Å². The van der Waals surface area contributed by atoms with E-state index in [1.165, 1.54) is 4.57 Å². The molecule has 1 aromatic carbocycles. The van der Waals surface area contributed by atoms with Gasteiger partial charge in [-0.15, -0.1) is 0 Å². The Hall–Kier alpha value is -1.59. The summed E-state index contributed by atoms with van der Waals surface area (Å²) in [6.07, 6.45) is 1.60. The van der Waals surface area contributed by atoms with Crippen LogP contribution in [0.4, 0.5) is 0 Å². The van der Waals surface area contributed by atoms with Gasteiger partial charge in [-0.1, -0.05) is 6.07 Å². The Kier molecular flexibility index (Phi) is 3.84. The third kappa shape index (κ3) is 2.32. The van der Waals surface area contributed by atoms with Crippen LogP contribution in [-0.4, -0.2) is 23.3 Å². The van der Waals surface area contributed by atoms with Crippen LogP contribution >= 0.6 is 0 Å². The minimum Gasteiger partial charge on any atom is -0.408 e. The maximum absolute atomic E-state index is 11.4. The fraction of sp³-hybridized carbons (Fsp3) is 0.462. The molecule has 0 bridgehead atoms. The molecule has 1 heterocycles. The van der Waals surface area contributed by atoms with Crippen molar-refractivity contribution >= 4 is 11.1 Å². The van der Waals surface area contributed by atoms with E-state index in [1.54, 1.807) is 7.05 Å². The quantitative estimate of drug-likeness (QED) is 0.835. The fourth-order valence-electron chi connectivity index (χ4n) is 2.13. The van der Waals surface area contributed by atoms with E-state index in [4.69, 9.17) is 9.52 Å². The minimum absolute atomic E-state index is 0.173. The van der Waals surface area contributed by atoms with E-state index in [1.807, 2.05) is 25.2 Å². The highest BCUT2D eigenvalue weighted by atomic mass is 16.4. The SMILES string of the molecule is CNC(CCCO)c1ccc2oc(=O)n(C)c2c1. The molecule has 0 fully saturated rings. The van der Waals surface area contributed by atoms with Gasteiger partial charge in [-0.3, -0.25) is 4.57 Å². The summed E-state index contributed by atoms with van der Waals surface area (Å²) in [5.41, 5.74) is 2.49. The Balaban J connectivity index is 2.38. The zero-order chi connectivity index (χ0) is 13.1. The lowest BCUT2D eigenvalue weighted by atomic mass is 10.0. The standard InChI is InChI=1S/C13H18N2O3/c1-14-10(4-3-7-16)9-5-6-12-11(8-9)15(2)13(17)18-12/h5-6,8,10,14,16H,3-4,7H2,1-2H3. The number of fused-ring (bicyclic) bond motifs is 1. The zero-order valence-electron chi connectivity index (χ0n) is 10.6. The van der Waals surface area contributed by atoms with Crippen LogP contribution < -0.4 is 11.1 Å². The highest BCUT2D eigenvalue weighted by molar-refractivity contribution is 5.73. The molecule has 2 aromatic rings. The van der Waals surface area contributed by atoms with Crippen molar-refractivity contribution in [1.82, 2.24) is 9.88 Å². The molecule has 98 valence electrons. The lowest BCUT2D eigenvalue weighted by molar-refractivity contribution is 0.276. The number of hydrogen-bond donors (Lipinski definition) is 2. The van der Waals surface area contributed by atoms with Gasteiger partial charge in [0.1, 0.15) is 0 Å². The first-order chi connectivity index (χ1) is 8.67. The number of aliphatic hydroxyl groups excluding tert-OH is 1. The molecule has 5 heteroatoms. The highest BCUT2D eigenvalue weighted by Crippen LogP contribution is 2.22. The van der Waals surface area contributed by atoms with E-state index in [-0.39, 0.29) is 18.4 Å². The molecule has 2 N–H and O–H groups in total. The number of hydrogen-bond acceptors (Lipinski definition) is 4. The number of aryl methyl sites for hydroxylation is 1. The molecule has 18 heavy (non-hydrogen) atoms. The van der Waals surface area contributed by atoms with Gasteiger partial charge in [0.15, 0.2) is 5.58 Å². The van der Waals surface area contributed by atoms with Gasteiger partial charge < -0.3 is 14.8 Å². The summed E-state index contributed by atoms with van der Waals surface area (Å²) >= 11 is 0. The molecular weight excluding hydrogens is 232 g/mol. The van der Waals surface area contributed by atoms with E-state index in [9.17, 15) is 4.79 Å². The number of rotatable bonds is 5. The van der Waals surface area contributed by atoms with Crippen molar-refractivity contribution in [3.63, 3.8) is 0 Å². The summed E-state index contributed by atoms with van der Waals surface area (Å²) in [6, 6.07) is 5.89. The van der Waals surface area contributed by atoms with Crippen LogP contribution in [0.2, 0.25) is 0 Å². The van der Waals surface area contributed by atoms with Crippen molar-refractivity contribution in [3.8, 4) is 0 Å². The minimum atomic E-state index is -0.349. The number of aromatic nitrogens is 1. The van der Waals surface area contributed by atoms with E-state index < -0.39 is 0 Å². The molecule has 0 aliphatic heterocycles. The summed E-state index contributed by atoms with van der Waals surface area (Å²) in [7, 11) is 3.58. The van der Waals surface area contributed by atoms with Crippen LogP contribution in [-0.2, 0) is 7.05 Å². The molecule has 0 saturated carbocycles. The van der Waals surface area contributed by atoms with Gasteiger partial charge in [-0.25, -0.2) is 4.79 Å². The van der Waals surface area contributed by atoms with Crippen LogP contribution in [0.15, 0.2) is 27.4 Å². The number of aliphatic hydroxyl groups is 1. The maximum atomic E-state index is 11.4. The molecule has 1 aromatic heterocycles. The second kappa shape index (κ2) is 5.37. The summed E-state index contributed by atoms with van der Waals surface area (Å²) in [6.45, 7) is 0.185. The molecule has 2 rings (SSSR count). The van der Waals surface area contributed by atoms with Gasteiger partial charge in [0.2, 0.25) is 0 Å². The van der Waals surface area contributed by atoms with Gasteiger partial charge in [-0.05, 0) is 37.6 Å². The lowest BCUT2D eigenvalue weighted by Crippen LogP contribution is -2.17. The van der Waals surface area contributed by atoms with Crippen molar-refractivity contribution in [2.24, 2.45) is 7.05 Å². The number of nitrogens with zero attached hydrogens (tertiary/aromatic N) is 1. The second-order valence-electron chi connectivity index (χ2n) is 4.36. The fourth-order valence-corrected chi connectivity index (χ4v) is 2.13. The summed E-state index contributed by atoms with van der Waals surface area (Å²) in [4.78, 5) is 11.4. The average Bonchev–Trinajstić information content (AvgIpc) is 2.66. The van der Waals surface area contributed by atoms with Gasteiger partial charge in [0.25, 0.3) is 0 Å². The predicted octanol–water partition coefficient (Wildman–Crippen LogP) is 1.16. The van der Waals surface area contributed by atoms with E-state index in [0.717, 1.165) is 23.9 Å². The largest absolute Gasteiger partial charge is 0.419 e. The number of benzene rings is 1. The molecule has 1 atom stereocenters. The highest BCUT2D eigenvalue weighted by Gasteiger charge is 2.12. The van der Waals surface area contributed by atoms with Gasteiger partial charge in [0, 0.05) is 19.7 Å². The molecule has 1 unspecified atom stereocenters. The Bertz CT molecular complexity index is 585. The first-order valence-electron chi connectivity index (χ1n) is 6.05. The first-order valence-corrected chi connectivity index (χ1v) is 6.05. The van der Waals surface area contributed by atoms with Gasteiger partial charge in [0.05, 0.1) is 5.52 Å². The van der Waals surface area contributed by atoms with Crippen LogP contribution in [0.25, 0.3) is 11.1 Å². The molecule has 5 nitrogen and oxygen atoms in total. The van der Waals surface area contributed by atoms with Crippen LogP contribution in [0, 0.1) is 0 Å². The maximum Gasteiger partial charge on any atom is 0.419 e. The summed E-state index contributed by atoms with van der Waals surface area (Å²) in [5.74, 6) is -0.349. The van der Waals surface area contributed by atoms with Crippen LogP contribution in [0.3, 0.4) is 0 Å². The van der Waals surface area contributed by atoms with E-state index in [2.05, 4.69) is 5.32 Å². The molecule has 0 aliphatic rings. The Labute approximate surface area is 105 Å². The van der Waals surface area contributed by atoms with Gasteiger partial charge >= 0.3 is 5.76 Å². The van der Waals surface area contributed by atoms with Crippen LogP contribution in [0.1, 0.15) is 24.4 Å². The Morgan fingerprint density at radius 3 is 2.94 bits per heavy atom. The first kappa shape index (κ1) is 12.9. The van der Waals surface area contributed by atoms with E-state index >= 15 is 0 Å². The summed E-state index contributed by atoms with van der Waals surface area (Å²) < 4.78 is 6.59. The molecule has 0 radical (unpaired) electrons. The van der Waals surface area contributed by atoms with Crippen molar-refractivity contribution in [2.75, 3.05) is 13.7 Å². The zero-order valence-corrected chi connectivity index (χ0v) is 10.6. The van der Waals surface area contributed by atoms with Crippen molar-refractivity contribution in [2.45, 2.75) is 18.9 Å². The molecular formula is C13H18N2O3.